The third-order valence-corrected chi connectivity index (χ3v) is 8.87. The third kappa shape index (κ3) is 12.9. The van der Waals surface area contributed by atoms with Gasteiger partial charge >= 0.3 is 11.9 Å². The van der Waals surface area contributed by atoms with Crippen molar-refractivity contribution in [1.82, 2.24) is 0 Å². The van der Waals surface area contributed by atoms with E-state index >= 15 is 0 Å². The lowest BCUT2D eigenvalue weighted by Crippen LogP contribution is -2.53. The van der Waals surface area contributed by atoms with Crippen LogP contribution in [0.15, 0.2) is 0 Å². The molecule has 0 heterocycles. The molecular formula is C28H54O7S. The molecule has 3 atom stereocenters. The maximum Gasteiger partial charge on any atom is 0.325 e. The number of hydrogen-bond acceptors (Lipinski definition) is 4. The molecule has 0 aliphatic heterocycles. The van der Waals surface area contributed by atoms with Crippen molar-refractivity contribution in [3.63, 3.8) is 0 Å². The van der Waals surface area contributed by atoms with Gasteiger partial charge in [0.25, 0.3) is 10.1 Å². The first-order chi connectivity index (χ1) is 17.0. The summed E-state index contributed by atoms with van der Waals surface area (Å²) in [5, 5.41) is 18.1. The van der Waals surface area contributed by atoms with Crippen LogP contribution in [-0.4, -0.2) is 40.4 Å². The molecule has 36 heavy (non-hydrogen) atoms. The predicted octanol–water partition coefficient (Wildman–Crippen LogP) is 7.73. The topological polar surface area (TPSA) is 129 Å². The highest BCUT2D eigenvalue weighted by Crippen LogP contribution is 2.45. The van der Waals surface area contributed by atoms with Crippen molar-refractivity contribution in [2.75, 3.05) is 0 Å². The second kappa shape index (κ2) is 19.0. The minimum absolute atomic E-state index is 0.0389. The Bertz CT molecular complexity index is 679. The monoisotopic (exact) mass is 534 g/mol. The summed E-state index contributed by atoms with van der Waals surface area (Å²) in [5.74, 6) is -3.40. The summed E-state index contributed by atoms with van der Waals surface area (Å²) in [7, 11) is -5.14. The van der Waals surface area contributed by atoms with Gasteiger partial charge < -0.3 is 10.2 Å². The van der Waals surface area contributed by atoms with Crippen LogP contribution in [-0.2, 0) is 19.7 Å². The van der Waals surface area contributed by atoms with E-state index in [-0.39, 0.29) is 24.7 Å². The van der Waals surface area contributed by atoms with E-state index in [1.54, 1.807) is 0 Å². The van der Waals surface area contributed by atoms with Crippen LogP contribution in [0.3, 0.4) is 0 Å². The fourth-order valence-electron chi connectivity index (χ4n) is 5.67. The predicted molar refractivity (Wildman–Crippen MR) is 146 cm³/mol. The molecule has 0 amide bonds. The molecule has 8 heteroatoms. The zero-order chi connectivity index (χ0) is 27.6. The number of rotatable bonds is 24. The van der Waals surface area contributed by atoms with Gasteiger partial charge in [0.2, 0.25) is 0 Å². The van der Waals surface area contributed by atoms with Gasteiger partial charge in [-0.1, -0.05) is 130 Å². The van der Waals surface area contributed by atoms with Crippen molar-refractivity contribution >= 4 is 22.1 Å². The number of unbranched alkanes of at least 4 members (excludes halogenated alkanes) is 8. The van der Waals surface area contributed by atoms with E-state index in [1.807, 2.05) is 13.8 Å². The van der Waals surface area contributed by atoms with Gasteiger partial charge in [-0.2, -0.15) is 8.42 Å². The largest absolute Gasteiger partial charge is 0.481 e. The normalized spacial score (nSPS) is 16.2. The van der Waals surface area contributed by atoms with Crippen LogP contribution in [0.25, 0.3) is 0 Å². The van der Waals surface area contributed by atoms with E-state index in [1.165, 1.54) is 0 Å². The lowest BCUT2D eigenvalue weighted by molar-refractivity contribution is -0.158. The lowest BCUT2D eigenvalue weighted by atomic mass is 9.67. The van der Waals surface area contributed by atoms with Crippen LogP contribution in [0.4, 0.5) is 0 Å². The van der Waals surface area contributed by atoms with E-state index in [0.717, 1.165) is 103 Å². The molecule has 0 radical (unpaired) electrons. The average Bonchev–Trinajstić information content (AvgIpc) is 2.79. The summed E-state index contributed by atoms with van der Waals surface area (Å²) in [6, 6.07) is 0. The molecule has 0 saturated heterocycles. The van der Waals surface area contributed by atoms with Gasteiger partial charge in [-0.25, -0.2) is 0 Å². The van der Waals surface area contributed by atoms with Gasteiger partial charge in [0, 0.05) is 0 Å². The Hall–Kier alpha value is -1.15. The van der Waals surface area contributed by atoms with Crippen LogP contribution in [0.2, 0.25) is 0 Å². The minimum Gasteiger partial charge on any atom is -0.481 e. The lowest BCUT2D eigenvalue weighted by Gasteiger charge is -2.39. The minimum atomic E-state index is -5.14. The Balaban J connectivity index is 6.39. The summed E-state index contributed by atoms with van der Waals surface area (Å²) < 4.78 is 34.9. The highest BCUT2D eigenvalue weighted by Gasteiger charge is 2.57. The molecule has 3 N–H and O–H groups in total. The molecule has 0 aromatic carbocycles. The van der Waals surface area contributed by atoms with Gasteiger partial charge in [0.05, 0.1) is 5.41 Å². The summed E-state index contributed by atoms with van der Waals surface area (Å²) in [6.07, 6.45) is 14.5. The number of carboxylic acids is 2. The average molecular weight is 535 g/mol. The molecule has 0 fully saturated rings. The Morgan fingerprint density at radius 2 is 1.00 bits per heavy atom. The Morgan fingerprint density at radius 1 is 0.639 bits per heavy atom. The Morgan fingerprint density at radius 3 is 1.28 bits per heavy atom. The summed E-state index contributed by atoms with van der Waals surface area (Å²) in [4.78, 5) is 25.2. The number of carboxylic acid groups (broad SMARTS) is 2. The standard InChI is InChI=1S/C28H54O7S/c1-5-9-13-15-19-23(17-11-7-3)21-28(27(31)32,25(26(29)30)36(33,34)35)22-24(18-12-8-4)20-16-14-10-6-2/h23-25H,5-22H2,1-4H3,(H,29,30)(H,31,32)(H,33,34,35). The van der Waals surface area contributed by atoms with E-state index in [4.69, 9.17) is 0 Å². The smallest absolute Gasteiger partial charge is 0.325 e. The van der Waals surface area contributed by atoms with Crippen LogP contribution in [0.1, 0.15) is 143 Å². The second-order valence-electron chi connectivity index (χ2n) is 10.8. The van der Waals surface area contributed by atoms with Crippen molar-refractivity contribution in [2.24, 2.45) is 17.3 Å². The summed E-state index contributed by atoms with van der Waals surface area (Å²) in [5.41, 5.74) is -2.06. The summed E-state index contributed by atoms with van der Waals surface area (Å²) >= 11 is 0. The molecule has 0 spiro atoms. The van der Waals surface area contributed by atoms with Gasteiger partial charge in [-0.15, -0.1) is 0 Å². The SMILES string of the molecule is CCCCCCC(CCCC)CC(CC(CCCC)CCCCCC)(C(=O)O)C(C(=O)O)S(=O)(=O)O. The molecule has 214 valence electrons. The molecule has 3 unspecified atom stereocenters. The first kappa shape index (κ1) is 34.9. The van der Waals surface area contributed by atoms with E-state index in [0.29, 0.717) is 0 Å². The first-order valence-electron chi connectivity index (χ1n) is 14.4. The van der Waals surface area contributed by atoms with E-state index < -0.39 is 32.7 Å². The third-order valence-electron chi connectivity index (χ3n) is 7.62. The summed E-state index contributed by atoms with van der Waals surface area (Å²) in [6.45, 7) is 8.33. The Labute approximate surface area is 220 Å². The number of hydrogen-bond donors (Lipinski definition) is 3. The van der Waals surface area contributed by atoms with Crippen molar-refractivity contribution in [2.45, 2.75) is 149 Å². The van der Waals surface area contributed by atoms with Gasteiger partial charge in [-0.05, 0) is 24.7 Å². The van der Waals surface area contributed by atoms with Crippen molar-refractivity contribution in [3.8, 4) is 0 Å². The molecular weight excluding hydrogens is 480 g/mol. The van der Waals surface area contributed by atoms with Gasteiger partial charge in [0.1, 0.15) is 0 Å². The molecule has 0 bridgehead atoms. The van der Waals surface area contributed by atoms with Gasteiger partial charge in [0.15, 0.2) is 5.25 Å². The van der Waals surface area contributed by atoms with Crippen LogP contribution in [0.5, 0.6) is 0 Å². The fourth-order valence-corrected chi connectivity index (χ4v) is 6.78. The molecule has 0 aliphatic carbocycles. The number of aliphatic carboxylic acids is 2. The maximum absolute atomic E-state index is 12.9. The molecule has 0 saturated carbocycles. The molecule has 7 nitrogen and oxygen atoms in total. The molecule has 0 aromatic rings. The highest BCUT2D eigenvalue weighted by molar-refractivity contribution is 7.87. The van der Waals surface area contributed by atoms with E-state index in [2.05, 4.69) is 13.8 Å². The van der Waals surface area contributed by atoms with Crippen LogP contribution >= 0.6 is 0 Å². The quantitative estimate of drug-likeness (QED) is 0.0853. The van der Waals surface area contributed by atoms with Crippen LogP contribution in [0, 0.1) is 17.3 Å². The Kier molecular flexibility index (Phi) is 18.4. The maximum atomic E-state index is 12.9. The molecule has 0 rings (SSSR count). The highest BCUT2D eigenvalue weighted by atomic mass is 32.2. The van der Waals surface area contributed by atoms with Crippen molar-refractivity contribution in [3.05, 3.63) is 0 Å². The number of carbonyl (C=O) groups is 2. The zero-order valence-electron chi connectivity index (χ0n) is 23.3. The zero-order valence-corrected chi connectivity index (χ0v) is 24.2. The fraction of sp³-hybridized carbons (Fsp3) is 0.929. The van der Waals surface area contributed by atoms with Crippen molar-refractivity contribution in [1.29, 1.82) is 0 Å². The second-order valence-corrected chi connectivity index (χ2v) is 12.3. The van der Waals surface area contributed by atoms with Crippen molar-refractivity contribution < 1.29 is 32.8 Å². The first-order valence-corrected chi connectivity index (χ1v) is 15.9. The molecule has 0 aromatic heterocycles. The van der Waals surface area contributed by atoms with E-state index in [9.17, 15) is 32.8 Å². The van der Waals surface area contributed by atoms with Crippen LogP contribution < -0.4 is 0 Å². The molecule has 0 aliphatic rings. The van der Waals surface area contributed by atoms with Gasteiger partial charge in [-0.3, -0.25) is 14.1 Å².